The summed E-state index contributed by atoms with van der Waals surface area (Å²) in [4.78, 5) is 15.4. The molecule has 1 aliphatic heterocycles. The van der Waals surface area contributed by atoms with Crippen LogP contribution in [-0.4, -0.2) is 26.2 Å². The number of amides is 1. The minimum Gasteiger partial charge on any atom is -0.495 e. The van der Waals surface area contributed by atoms with Crippen molar-refractivity contribution in [1.82, 2.24) is 0 Å². The number of hydrogen-bond acceptors (Lipinski definition) is 4. The first kappa shape index (κ1) is 23.0. The Balaban J connectivity index is 1.93. The normalized spacial score (nSPS) is 15.2. The molecular weight excluding hydrogens is 438 g/mol. The molecule has 0 aliphatic carbocycles. The third kappa shape index (κ3) is 4.51. The van der Waals surface area contributed by atoms with Crippen molar-refractivity contribution in [2.24, 2.45) is 0 Å². The highest BCUT2D eigenvalue weighted by molar-refractivity contribution is 6.32. The second-order valence-corrected chi connectivity index (χ2v) is 8.35. The fourth-order valence-corrected chi connectivity index (χ4v) is 4.61. The number of methoxy groups -OCH3 is 1. The number of nitrogens with zero attached hydrogens (tertiary/aromatic N) is 1. The Kier molecular flexibility index (Phi) is 6.80. The van der Waals surface area contributed by atoms with Gasteiger partial charge in [-0.1, -0.05) is 41.4 Å². The predicted molar refractivity (Wildman–Crippen MR) is 131 cm³/mol. The topological polar surface area (TPSA) is 48.0 Å². The highest BCUT2D eigenvalue weighted by Crippen LogP contribution is 2.44. The molecule has 0 aromatic heterocycles. The molecule has 0 spiro atoms. The van der Waals surface area contributed by atoms with E-state index in [1.54, 1.807) is 19.2 Å². The van der Waals surface area contributed by atoms with Gasteiger partial charge in [-0.05, 0) is 67.8 Å². The number of carbonyl (C=O) groups is 1. The Hall–Kier alpha value is -3.18. The van der Waals surface area contributed by atoms with E-state index in [-0.39, 0.29) is 18.4 Å². The van der Waals surface area contributed by atoms with Crippen molar-refractivity contribution < 1.29 is 19.0 Å². The monoisotopic (exact) mass is 465 g/mol. The van der Waals surface area contributed by atoms with Gasteiger partial charge in [-0.15, -0.1) is 0 Å². The van der Waals surface area contributed by atoms with Crippen LogP contribution in [0.4, 0.5) is 5.69 Å². The first-order valence-corrected chi connectivity index (χ1v) is 11.5. The summed E-state index contributed by atoms with van der Waals surface area (Å²) in [5.74, 6) is 1.90. The molecule has 5 nitrogen and oxygen atoms in total. The number of benzene rings is 3. The van der Waals surface area contributed by atoms with E-state index in [2.05, 4.69) is 12.1 Å². The fraction of sp³-hybridized carbons (Fsp3) is 0.296. The summed E-state index contributed by atoms with van der Waals surface area (Å²) < 4.78 is 17.0. The number of hydrogen-bond donors (Lipinski definition) is 0. The molecule has 1 amide bonds. The van der Waals surface area contributed by atoms with Crippen molar-refractivity contribution in [3.8, 4) is 17.2 Å². The number of fused-ring (bicyclic) bond motifs is 1. The number of halogens is 1. The number of aryl methyl sites for hydroxylation is 1. The minimum absolute atomic E-state index is 0.0122. The lowest BCUT2D eigenvalue weighted by Gasteiger charge is -2.38. The smallest absolute Gasteiger partial charge is 0.232 e. The maximum absolute atomic E-state index is 13.6. The van der Waals surface area contributed by atoms with Gasteiger partial charge in [-0.3, -0.25) is 4.79 Å². The summed E-state index contributed by atoms with van der Waals surface area (Å²) in [6.45, 7) is 6.97. The van der Waals surface area contributed by atoms with E-state index >= 15 is 0 Å². The summed E-state index contributed by atoms with van der Waals surface area (Å²) in [7, 11) is 1.57. The van der Waals surface area contributed by atoms with Gasteiger partial charge in [0.15, 0.2) is 11.5 Å². The van der Waals surface area contributed by atoms with Gasteiger partial charge in [0, 0.05) is 5.69 Å². The predicted octanol–water partition coefficient (Wildman–Crippen LogP) is 6.13. The molecule has 1 aliphatic rings. The van der Waals surface area contributed by atoms with E-state index in [9.17, 15) is 4.79 Å². The largest absolute Gasteiger partial charge is 0.495 e. The Morgan fingerprint density at radius 3 is 2.33 bits per heavy atom. The van der Waals surface area contributed by atoms with Crippen LogP contribution in [0.2, 0.25) is 5.02 Å². The average molecular weight is 466 g/mol. The van der Waals surface area contributed by atoms with Crippen LogP contribution >= 0.6 is 11.6 Å². The standard InChI is InChI=1S/C27H28ClNO4/c1-5-32-24-13-19-14-26(30)29(20-10-11-23(31-4)22(28)15-20)27(18-9-7-8-17(3)12-18)21(19)16-25(24)33-6-2/h7-13,15-16,27H,5-6,14H2,1-4H3/t27-/m1/s1. The van der Waals surface area contributed by atoms with Gasteiger partial charge in [-0.2, -0.15) is 0 Å². The second kappa shape index (κ2) is 9.75. The van der Waals surface area contributed by atoms with Crippen molar-refractivity contribution in [3.05, 3.63) is 81.9 Å². The molecule has 172 valence electrons. The lowest BCUT2D eigenvalue weighted by Crippen LogP contribution is -2.41. The molecule has 3 aromatic carbocycles. The Bertz CT molecular complexity index is 1180. The zero-order chi connectivity index (χ0) is 23.5. The third-order valence-electron chi connectivity index (χ3n) is 5.74. The number of carbonyl (C=O) groups excluding carboxylic acids is 1. The quantitative estimate of drug-likeness (QED) is 0.421. The molecular formula is C27H28ClNO4. The Morgan fingerprint density at radius 2 is 1.70 bits per heavy atom. The molecule has 0 unspecified atom stereocenters. The first-order valence-electron chi connectivity index (χ1n) is 11.1. The van der Waals surface area contributed by atoms with E-state index in [1.807, 2.05) is 56.0 Å². The number of rotatable bonds is 7. The van der Waals surface area contributed by atoms with E-state index < -0.39 is 0 Å². The molecule has 0 saturated heterocycles. The third-order valence-corrected chi connectivity index (χ3v) is 6.04. The van der Waals surface area contributed by atoms with Crippen molar-refractivity contribution >= 4 is 23.2 Å². The second-order valence-electron chi connectivity index (χ2n) is 7.94. The van der Waals surface area contributed by atoms with E-state index in [4.69, 9.17) is 25.8 Å². The highest BCUT2D eigenvalue weighted by atomic mass is 35.5. The van der Waals surface area contributed by atoms with Gasteiger partial charge in [0.25, 0.3) is 0 Å². The molecule has 3 aromatic rings. The van der Waals surface area contributed by atoms with Crippen LogP contribution in [0.15, 0.2) is 54.6 Å². The van der Waals surface area contributed by atoms with Gasteiger partial charge in [0.05, 0.1) is 37.8 Å². The molecule has 0 saturated carbocycles. The molecule has 0 bridgehead atoms. The Labute approximate surface area is 199 Å². The van der Waals surface area contributed by atoms with E-state index in [1.165, 1.54) is 0 Å². The summed E-state index contributed by atoms with van der Waals surface area (Å²) >= 11 is 6.44. The van der Waals surface area contributed by atoms with Crippen LogP contribution in [0.1, 0.15) is 42.1 Å². The van der Waals surface area contributed by atoms with Gasteiger partial charge >= 0.3 is 0 Å². The van der Waals surface area contributed by atoms with Gasteiger partial charge in [-0.25, -0.2) is 0 Å². The molecule has 1 atom stereocenters. The van der Waals surface area contributed by atoms with Crippen LogP contribution in [0, 0.1) is 6.92 Å². The van der Waals surface area contributed by atoms with E-state index in [0.29, 0.717) is 35.5 Å². The van der Waals surface area contributed by atoms with Gasteiger partial charge < -0.3 is 19.1 Å². The van der Waals surface area contributed by atoms with Crippen LogP contribution in [0.5, 0.6) is 17.2 Å². The maximum Gasteiger partial charge on any atom is 0.232 e. The van der Waals surface area contributed by atoms with E-state index in [0.717, 1.165) is 27.9 Å². The van der Waals surface area contributed by atoms with Crippen LogP contribution in [0.3, 0.4) is 0 Å². The van der Waals surface area contributed by atoms with Gasteiger partial charge in [0.1, 0.15) is 5.75 Å². The van der Waals surface area contributed by atoms with Gasteiger partial charge in [0.2, 0.25) is 5.91 Å². The number of anilines is 1. The van der Waals surface area contributed by atoms with Crippen molar-refractivity contribution in [1.29, 1.82) is 0 Å². The highest BCUT2D eigenvalue weighted by Gasteiger charge is 2.36. The zero-order valence-electron chi connectivity index (χ0n) is 19.4. The van der Waals surface area contributed by atoms with Crippen LogP contribution in [-0.2, 0) is 11.2 Å². The van der Waals surface area contributed by atoms with Crippen molar-refractivity contribution in [2.45, 2.75) is 33.2 Å². The molecule has 0 N–H and O–H groups in total. The van der Waals surface area contributed by atoms with Crippen LogP contribution < -0.4 is 19.1 Å². The lowest BCUT2D eigenvalue weighted by atomic mass is 9.86. The summed E-state index contributed by atoms with van der Waals surface area (Å²) in [5.41, 5.74) is 4.81. The fourth-order valence-electron chi connectivity index (χ4n) is 4.36. The average Bonchev–Trinajstić information content (AvgIpc) is 2.79. The van der Waals surface area contributed by atoms with Crippen LogP contribution in [0.25, 0.3) is 0 Å². The SMILES string of the molecule is CCOc1cc2c(cc1OCC)[C@@H](c1cccc(C)c1)N(c1ccc(OC)c(Cl)c1)C(=O)C2. The molecule has 0 fully saturated rings. The summed E-state index contributed by atoms with van der Waals surface area (Å²) in [5, 5.41) is 0.457. The minimum atomic E-state index is -0.333. The number of ether oxygens (including phenoxy) is 3. The summed E-state index contributed by atoms with van der Waals surface area (Å²) in [6.07, 6.45) is 0.258. The molecule has 0 radical (unpaired) electrons. The molecule has 4 rings (SSSR count). The lowest BCUT2D eigenvalue weighted by molar-refractivity contribution is -0.118. The Morgan fingerprint density at radius 1 is 0.970 bits per heavy atom. The molecule has 1 heterocycles. The first-order chi connectivity index (χ1) is 16.0. The molecule has 6 heteroatoms. The van der Waals surface area contributed by atoms with Crippen molar-refractivity contribution in [2.75, 3.05) is 25.2 Å². The van der Waals surface area contributed by atoms with Crippen molar-refractivity contribution in [3.63, 3.8) is 0 Å². The zero-order valence-corrected chi connectivity index (χ0v) is 20.1. The maximum atomic E-state index is 13.6. The molecule has 33 heavy (non-hydrogen) atoms. The summed E-state index contributed by atoms with van der Waals surface area (Å²) in [6, 6.07) is 17.3.